The Kier molecular flexibility index (Phi) is 5.43. The van der Waals surface area contributed by atoms with E-state index >= 15 is 0 Å². The summed E-state index contributed by atoms with van der Waals surface area (Å²) in [6.07, 6.45) is 0. The molecule has 0 saturated carbocycles. The van der Waals surface area contributed by atoms with E-state index in [4.69, 9.17) is 0 Å². The van der Waals surface area contributed by atoms with E-state index in [1.54, 1.807) is 0 Å². The molecule has 0 heterocycles. The molecule has 0 radical (unpaired) electrons. The van der Waals surface area contributed by atoms with Crippen LogP contribution in [0, 0.1) is 3.57 Å². The zero-order valence-electron chi connectivity index (χ0n) is 12.2. The van der Waals surface area contributed by atoms with E-state index in [0.29, 0.717) is 6.04 Å². The van der Waals surface area contributed by atoms with Crippen molar-refractivity contribution >= 4 is 28.3 Å². The van der Waals surface area contributed by atoms with E-state index in [9.17, 15) is 0 Å². The lowest BCUT2D eigenvalue weighted by atomic mass is 10.1. The molecule has 0 saturated heterocycles. The van der Waals surface area contributed by atoms with Gasteiger partial charge in [-0.25, -0.2) is 0 Å². The Morgan fingerprint density at radius 2 is 1.60 bits per heavy atom. The Bertz CT molecular complexity index is 532. The average molecular weight is 380 g/mol. The zero-order valence-corrected chi connectivity index (χ0v) is 14.4. The first-order valence-corrected chi connectivity index (χ1v) is 7.89. The Morgan fingerprint density at radius 3 is 2.15 bits per heavy atom. The molecule has 2 rings (SSSR count). The molecule has 0 aliphatic carbocycles. The van der Waals surface area contributed by atoms with E-state index in [2.05, 4.69) is 102 Å². The highest BCUT2D eigenvalue weighted by Crippen LogP contribution is 2.16. The summed E-state index contributed by atoms with van der Waals surface area (Å²) >= 11 is 2.33. The van der Waals surface area contributed by atoms with Gasteiger partial charge in [0.2, 0.25) is 0 Å². The molecule has 2 aromatic rings. The topological polar surface area (TPSA) is 15.3 Å². The fraction of sp³-hybridized carbons (Fsp3) is 0.294. The van der Waals surface area contributed by atoms with Crippen molar-refractivity contribution in [3.05, 3.63) is 63.2 Å². The third-order valence-electron chi connectivity index (χ3n) is 3.44. The highest BCUT2D eigenvalue weighted by atomic mass is 127. The first-order chi connectivity index (χ1) is 9.56. The largest absolute Gasteiger partial charge is 0.378 e. The number of benzene rings is 2. The zero-order chi connectivity index (χ0) is 14.5. The minimum absolute atomic E-state index is 0.362. The van der Waals surface area contributed by atoms with Gasteiger partial charge in [0, 0.05) is 35.9 Å². The minimum atomic E-state index is 0.362. The standard InChI is InChI=1S/C17H21IN2/c1-13(15-6-8-16(18)9-7-15)19-12-14-4-10-17(11-5-14)20(2)3/h4-11,13,19H,12H2,1-3H3. The number of hydrogen-bond acceptors (Lipinski definition) is 2. The number of hydrogen-bond donors (Lipinski definition) is 1. The second-order valence-electron chi connectivity index (χ2n) is 5.22. The lowest BCUT2D eigenvalue weighted by Crippen LogP contribution is -2.18. The molecular formula is C17H21IN2. The molecule has 1 unspecified atom stereocenters. The van der Waals surface area contributed by atoms with E-state index in [0.717, 1.165) is 6.54 Å². The van der Waals surface area contributed by atoms with Crippen molar-refractivity contribution in [2.75, 3.05) is 19.0 Å². The highest BCUT2D eigenvalue weighted by molar-refractivity contribution is 14.1. The molecule has 0 aliphatic heterocycles. The highest BCUT2D eigenvalue weighted by Gasteiger charge is 2.04. The first kappa shape index (κ1) is 15.3. The molecule has 106 valence electrons. The molecule has 3 heteroatoms. The monoisotopic (exact) mass is 380 g/mol. The van der Waals surface area contributed by atoms with Gasteiger partial charge in [0.25, 0.3) is 0 Å². The second kappa shape index (κ2) is 7.09. The number of nitrogens with zero attached hydrogens (tertiary/aromatic N) is 1. The van der Waals surface area contributed by atoms with Gasteiger partial charge in [0.15, 0.2) is 0 Å². The predicted molar refractivity (Wildman–Crippen MR) is 95.2 cm³/mol. The minimum Gasteiger partial charge on any atom is -0.378 e. The maximum absolute atomic E-state index is 3.57. The molecule has 1 atom stereocenters. The Labute approximate surface area is 135 Å². The van der Waals surface area contributed by atoms with Gasteiger partial charge in [-0.05, 0) is 64.9 Å². The quantitative estimate of drug-likeness (QED) is 0.782. The summed E-state index contributed by atoms with van der Waals surface area (Å²) in [6, 6.07) is 17.7. The van der Waals surface area contributed by atoms with Crippen LogP contribution in [0.5, 0.6) is 0 Å². The van der Waals surface area contributed by atoms with Crippen LogP contribution in [0.15, 0.2) is 48.5 Å². The van der Waals surface area contributed by atoms with Crippen molar-refractivity contribution < 1.29 is 0 Å². The molecule has 20 heavy (non-hydrogen) atoms. The van der Waals surface area contributed by atoms with Crippen molar-refractivity contribution in [2.24, 2.45) is 0 Å². The van der Waals surface area contributed by atoms with Crippen molar-refractivity contribution in [3.8, 4) is 0 Å². The summed E-state index contributed by atoms with van der Waals surface area (Å²) in [5.41, 5.74) is 3.88. The lowest BCUT2D eigenvalue weighted by molar-refractivity contribution is 0.574. The van der Waals surface area contributed by atoms with Crippen LogP contribution >= 0.6 is 22.6 Å². The summed E-state index contributed by atoms with van der Waals surface area (Å²) in [5.74, 6) is 0. The molecule has 2 nitrogen and oxygen atoms in total. The van der Waals surface area contributed by atoms with Gasteiger partial charge in [-0.3, -0.25) is 0 Å². The van der Waals surface area contributed by atoms with Crippen LogP contribution in [0.3, 0.4) is 0 Å². The normalized spacial score (nSPS) is 12.2. The predicted octanol–water partition coefficient (Wildman–Crippen LogP) is 4.21. The van der Waals surface area contributed by atoms with Crippen molar-refractivity contribution in [2.45, 2.75) is 19.5 Å². The third-order valence-corrected chi connectivity index (χ3v) is 4.15. The molecule has 0 bridgehead atoms. The van der Waals surface area contributed by atoms with Gasteiger partial charge in [-0.15, -0.1) is 0 Å². The van der Waals surface area contributed by atoms with E-state index in [-0.39, 0.29) is 0 Å². The lowest BCUT2D eigenvalue weighted by Gasteiger charge is -2.16. The molecule has 0 fully saturated rings. The Hall–Kier alpha value is -1.07. The smallest absolute Gasteiger partial charge is 0.0361 e. The Balaban J connectivity index is 1.92. The molecule has 0 aromatic heterocycles. The van der Waals surface area contributed by atoms with Crippen molar-refractivity contribution in [1.82, 2.24) is 5.32 Å². The van der Waals surface area contributed by atoms with E-state index in [1.165, 1.54) is 20.4 Å². The first-order valence-electron chi connectivity index (χ1n) is 6.81. The van der Waals surface area contributed by atoms with Gasteiger partial charge in [0.05, 0.1) is 0 Å². The van der Waals surface area contributed by atoms with Gasteiger partial charge in [-0.1, -0.05) is 24.3 Å². The van der Waals surface area contributed by atoms with Crippen LogP contribution in [0.25, 0.3) is 0 Å². The molecule has 1 N–H and O–H groups in total. The van der Waals surface area contributed by atoms with Crippen LogP contribution < -0.4 is 10.2 Å². The van der Waals surface area contributed by atoms with Gasteiger partial charge in [0.1, 0.15) is 0 Å². The average Bonchev–Trinajstić information content (AvgIpc) is 2.46. The van der Waals surface area contributed by atoms with Gasteiger partial charge >= 0.3 is 0 Å². The number of nitrogens with one attached hydrogen (secondary N) is 1. The number of anilines is 1. The van der Waals surface area contributed by atoms with Crippen LogP contribution in [-0.4, -0.2) is 14.1 Å². The van der Waals surface area contributed by atoms with Crippen molar-refractivity contribution in [1.29, 1.82) is 0 Å². The van der Waals surface area contributed by atoms with E-state index < -0.39 is 0 Å². The van der Waals surface area contributed by atoms with Crippen LogP contribution in [0.4, 0.5) is 5.69 Å². The summed E-state index contributed by atoms with van der Waals surface area (Å²) in [7, 11) is 4.12. The summed E-state index contributed by atoms with van der Waals surface area (Å²) in [5, 5.41) is 3.57. The van der Waals surface area contributed by atoms with Crippen LogP contribution in [0.2, 0.25) is 0 Å². The second-order valence-corrected chi connectivity index (χ2v) is 6.46. The molecule has 0 spiro atoms. The van der Waals surface area contributed by atoms with E-state index in [1.807, 2.05) is 0 Å². The summed E-state index contributed by atoms with van der Waals surface area (Å²) in [6.45, 7) is 3.09. The third kappa shape index (κ3) is 4.21. The van der Waals surface area contributed by atoms with Gasteiger partial charge < -0.3 is 10.2 Å². The summed E-state index contributed by atoms with van der Waals surface area (Å²) in [4.78, 5) is 2.12. The number of rotatable bonds is 5. The fourth-order valence-corrected chi connectivity index (χ4v) is 2.41. The maximum Gasteiger partial charge on any atom is 0.0361 e. The fourth-order valence-electron chi connectivity index (χ4n) is 2.05. The van der Waals surface area contributed by atoms with Gasteiger partial charge in [-0.2, -0.15) is 0 Å². The Morgan fingerprint density at radius 1 is 1.00 bits per heavy atom. The van der Waals surface area contributed by atoms with Crippen LogP contribution in [0.1, 0.15) is 24.1 Å². The molecule has 2 aromatic carbocycles. The molecule has 0 amide bonds. The maximum atomic E-state index is 3.57. The summed E-state index contributed by atoms with van der Waals surface area (Å²) < 4.78 is 1.28. The van der Waals surface area contributed by atoms with Crippen LogP contribution in [-0.2, 0) is 6.54 Å². The van der Waals surface area contributed by atoms with Crippen molar-refractivity contribution in [3.63, 3.8) is 0 Å². The molecular weight excluding hydrogens is 359 g/mol. The number of halogens is 1. The SMILES string of the molecule is CC(NCc1ccc(N(C)C)cc1)c1ccc(I)cc1. The molecule has 0 aliphatic rings.